The van der Waals surface area contributed by atoms with Crippen molar-refractivity contribution in [1.29, 1.82) is 0 Å². The van der Waals surface area contributed by atoms with E-state index in [1.165, 1.54) is 0 Å². The number of aliphatic hydroxyl groups is 1. The number of hydrogen-bond acceptors (Lipinski definition) is 6. The maximum absolute atomic E-state index is 12.7. The van der Waals surface area contributed by atoms with Crippen molar-refractivity contribution in [2.45, 2.75) is 18.4 Å². The van der Waals surface area contributed by atoms with Gasteiger partial charge in [0, 0.05) is 45.6 Å². The number of hydrogen-bond donors (Lipinski definition) is 2. The van der Waals surface area contributed by atoms with Crippen LogP contribution in [0, 0.1) is 0 Å². The minimum atomic E-state index is -0.922. The number of amides is 1. The van der Waals surface area contributed by atoms with E-state index < -0.39 is 5.60 Å². The summed E-state index contributed by atoms with van der Waals surface area (Å²) in [5.74, 6) is 0.661. The summed E-state index contributed by atoms with van der Waals surface area (Å²) in [6, 6.07) is 7.91. The molecule has 4 rings (SSSR count). The van der Waals surface area contributed by atoms with E-state index in [0.29, 0.717) is 51.5 Å². The lowest BCUT2D eigenvalue weighted by molar-refractivity contribution is -0.118. The molecular weight excluding hydrogens is 370 g/mol. The molecular formula is C21H29N5O3. The van der Waals surface area contributed by atoms with Gasteiger partial charge in [0.25, 0.3) is 0 Å². The number of nitrogens with one attached hydrogen (secondary N) is 1. The van der Waals surface area contributed by atoms with Crippen LogP contribution < -0.4 is 10.2 Å². The Hall–Kier alpha value is -2.42. The van der Waals surface area contributed by atoms with Gasteiger partial charge in [0.1, 0.15) is 11.4 Å². The molecule has 0 saturated carbocycles. The monoisotopic (exact) mass is 399 g/mol. The molecule has 0 radical (unpaired) electrons. The van der Waals surface area contributed by atoms with Gasteiger partial charge in [-0.15, -0.1) is 0 Å². The average molecular weight is 399 g/mol. The van der Waals surface area contributed by atoms with Gasteiger partial charge in [-0.2, -0.15) is 0 Å². The lowest BCUT2D eigenvalue weighted by atomic mass is 9.90. The molecule has 0 atom stereocenters. The number of likely N-dealkylation sites (tertiary alicyclic amines) is 1. The van der Waals surface area contributed by atoms with Crippen LogP contribution in [-0.2, 0) is 22.2 Å². The van der Waals surface area contributed by atoms with Crippen LogP contribution in [0.4, 0.5) is 11.4 Å². The molecule has 2 N–H and O–H groups in total. The minimum Gasteiger partial charge on any atom is -0.382 e. The average Bonchev–Trinajstić information content (AvgIpc) is 3.18. The maximum Gasteiger partial charge on any atom is 0.238 e. The standard InChI is InChI=1S/C21H29N5O3/c1-24-11-8-22-20(24)21(28)6-9-25(10-7-21)16-19(27)23-17-4-2-3-5-18(17)26-12-14-29-15-13-26/h2-5,8,11,28H,6-7,9-10,12-16H2,1H3,(H,23,27). The topological polar surface area (TPSA) is 82.9 Å². The predicted octanol–water partition coefficient (Wildman–Crippen LogP) is 1.18. The molecule has 1 aromatic heterocycles. The Balaban J connectivity index is 1.34. The van der Waals surface area contributed by atoms with Crippen molar-refractivity contribution in [2.24, 2.45) is 7.05 Å². The molecule has 0 unspecified atom stereocenters. The third-order valence-corrected chi connectivity index (χ3v) is 5.82. The van der Waals surface area contributed by atoms with Crippen molar-refractivity contribution in [3.05, 3.63) is 42.5 Å². The summed E-state index contributed by atoms with van der Waals surface area (Å²) < 4.78 is 7.30. The number of benzene rings is 1. The van der Waals surface area contributed by atoms with E-state index >= 15 is 0 Å². The molecule has 1 aromatic carbocycles. The Morgan fingerprint density at radius 3 is 2.62 bits per heavy atom. The van der Waals surface area contributed by atoms with Crippen LogP contribution in [0.3, 0.4) is 0 Å². The smallest absolute Gasteiger partial charge is 0.238 e. The van der Waals surface area contributed by atoms with Crippen LogP contribution >= 0.6 is 0 Å². The lowest BCUT2D eigenvalue weighted by Gasteiger charge is -2.37. The van der Waals surface area contributed by atoms with Crippen molar-refractivity contribution in [3.8, 4) is 0 Å². The summed E-state index contributed by atoms with van der Waals surface area (Å²) in [6.07, 6.45) is 4.68. The number of para-hydroxylation sites is 2. The number of aromatic nitrogens is 2. The second-order valence-electron chi connectivity index (χ2n) is 7.83. The lowest BCUT2D eigenvalue weighted by Crippen LogP contribution is -2.46. The fraction of sp³-hybridized carbons (Fsp3) is 0.524. The van der Waals surface area contributed by atoms with Gasteiger partial charge in [-0.25, -0.2) is 4.98 Å². The van der Waals surface area contributed by atoms with Gasteiger partial charge < -0.3 is 24.6 Å². The first-order chi connectivity index (χ1) is 14.0. The number of piperidine rings is 1. The first kappa shape index (κ1) is 19.9. The number of carbonyl (C=O) groups is 1. The predicted molar refractivity (Wildman–Crippen MR) is 111 cm³/mol. The zero-order chi connectivity index (χ0) is 20.3. The van der Waals surface area contributed by atoms with Gasteiger partial charge >= 0.3 is 0 Å². The second-order valence-corrected chi connectivity index (χ2v) is 7.83. The van der Waals surface area contributed by atoms with E-state index in [1.807, 2.05) is 42.1 Å². The number of rotatable bonds is 5. The highest BCUT2D eigenvalue weighted by molar-refractivity contribution is 5.95. The van der Waals surface area contributed by atoms with E-state index in [-0.39, 0.29) is 5.91 Å². The summed E-state index contributed by atoms with van der Waals surface area (Å²) in [4.78, 5) is 21.3. The fourth-order valence-corrected chi connectivity index (χ4v) is 4.17. The molecule has 1 amide bonds. The number of aryl methyl sites for hydroxylation is 1. The number of anilines is 2. The summed E-state index contributed by atoms with van der Waals surface area (Å²) in [6.45, 7) is 4.68. The molecule has 2 saturated heterocycles. The van der Waals surface area contributed by atoms with Crippen molar-refractivity contribution in [1.82, 2.24) is 14.5 Å². The molecule has 3 heterocycles. The molecule has 0 spiro atoms. The van der Waals surface area contributed by atoms with Crippen molar-refractivity contribution >= 4 is 17.3 Å². The van der Waals surface area contributed by atoms with Crippen LogP contribution in [0.1, 0.15) is 18.7 Å². The van der Waals surface area contributed by atoms with Crippen LogP contribution in [0.5, 0.6) is 0 Å². The first-order valence-electron chi connectivity index (χ1n) is 10.2. The second kappa shape index (κ2) is 8.52. The largest absolute Gasteiger partial charge is 0.382 e. The third-order valence-electron chi connectivity index (χ3n) is 5.82. The maximum atomic E-state index is 12.7. The van der Waals surface area contributed by atoms with E-state index in [4.69, 9.17) is 4.74 Å². The number of imidazole rings is 1. The number of carbonyl (C=O) groups excluding carboxylic acids is 1. The van der Waals surface area contributed by atoms with Crippen molar-refractivity contribution in [2.75, 3.05) is 56.2 Å². The van der Waals surface area contributed by atoms with Gasteiger partial charge in [0.15, 0.2) is 0 Å². The molecule has 29 heavy (non-hydrogen) atoms. The normalized spacial score (nSPS) is 19.9. The number of ether oxygens (including phenoxy) is 1. The number of nitrogens with zero attached hydrogens (tertiary/aromatic N) is 4. The van der Waals surface area contributed by atoms with Crippen molar-refractivity contribution in [3.63, 3.8) is 0 Å². The Kier molecular flexibility index (Phi) is 5.84. The van der Waals surface area contributed by atoms with E-state index in [0.717, 1.165) is 24.5 Å². The quantitative estimate of drug-likeness (QED) is 0.786. The summed E-state index contributed by atoms with van der Waals surface area (Å²) >= 11 is 0. The summed E-state index contributed by atoms with van der Waals surface area (Å²) in [7, 11) is 1.89. The Morgan fingerprint density at radius 2 is 1.93 bits per heavy atom. The van der Waals surface area contributed by atoms with Gasteiger partial charge in [-0.05, 0) is 25.0 Å². The third kappa shape index (κ3) is 4.44. The number of morpholine rings is 1. The highest BCUT2D eigenvalue weighted by Gasteiger charge is 2.37. The van der Waals surface area contributed by atoms with E-state index in [1.54, 1.807) is 6.20 Å². The van der Waals surface area contributed by atoms with Crippen molar-refractivity contribution < 1.29 is 14.6 Å². The van der Waals surface area contributed by atoms with Crippen LogP contribution in [0.15, 0.2) is 36.7 Å². The molecule has 2 aromatic rings. The summed E-state index contributed by atoms with van der Waals surface area (Å²) in [5, 5.41) is 14.0. The zero-order valence-electron chi connectivity index (χ0n) is 16.9. The van der Waals surface area contributed by atoms with Crippen LogP contribution in [0.25, 0.3) is 0 Å². The molecule has 156 valence electrons. The van der Waals surface area contributed by atoms with E-state index in [2.05, 4.69) is 20.1 Å². The highest BCUT2D eigenvalue weighted by atomic mass is 16.5. The van der Waals surface area contributed by atoms with Gasteiger partial charge in [-0.3, -0.25) is 9.69 Å². The van der Waals surface area contributed by atoms with Crippen LogP contribution in [0.2, 0.25) is 0 Å². The van der Waals surface area contributed by atoms with Gasteiger partial charge in [0.05, 0.1) is 31.1 Å². The molecule has 2 fully saturated rings. The SMILES string of the molecule is Cn1ccnc1C1(O)CCN(CC(=O)Nc2ccccc2N2CCOCC2)CC1. The van der Waals surface area contributed by atoms with Gasteiger partial charge in [-0.1, -0.05) is 12.1 Å². The zero-order valence-corrected chi connectivity index (χ0v) is 16.9. The van der Waals surface area contributed by atoms with Gasteiger partial charge in [0.2, 0.25) is 5.91 Å². The molecule has 8 nitrogen and oxygen atoms in total. The molecule has 8 heteroatoms. The Bertz CT molecular complexity index is 838. The fourth-order valence-electron chi connectivity index (χ4n) is 4.17. The Labute approximate surface area is 171 Å². The van der Waals surface area contributed by atoms with Crippen LogP contribution in [-0.4, -0.2) is 71.4 Å². The molecule has 0 aliphatic carbocycles. The first-order valence-corrected chi connectivity index (χ1v) is 10.2. The van der Waals surface area contributed by atoms with E-state index in [9.17, 15) is 9.90 Å². The Morgan fingerprint density at radius 1 is 1.21 bits per heavy atom. The molecule has 2 aliphatic rings. The molecule has 0 bridgehead atoms. The summed E-state index contributed by atoms with van der Waals surface area (Å²) in [5.41, 5.74) is 0.946. The molecule has 2 aliphatic heterocycles. The highest BCUT2D eigenvalue weighted by Crippen LogP contribution is 2.31. The minimum absolute atomic E-state index is 0.0341.